The molecule has 0 unspecified atom stereocenters. The fraction of sp³-hybridized carbons (Fsp3) is 0.500. The molecule has 0 saturated carbocycles. The summed E-state index contributed by atoms with van der Waals surface area (Å²) in [5, 5.41) is 12.2. The largest absolute Gasteiger partial charge is 0.488 e. The van der Waals surface area contributed by atoms with E-state index in [1.165, 1.54) is 46.6 Å². The summed E-state index contributed by atoms with van der Waals surface area (Å²) in [6.45, 7) is 5.19. The first-order chi connectivity index (χ1) is 19.1. The zero-order chi connectivity index (χ0) is 30.5. The third kappa shape index (κ3) is 8.66. The predicted molar refractivity (Wildman–Crippen MR) is 147 cm³/mol. The Bertz CT molecular complexity index is 1330. The van der Waals surface area contributed by atoms with Gasteiger partial charge in [0.2, 0.25) is 21.8 Å². The van der Waals surface area contributed by atoms with Crippen molar-refractivity contribution in [2.24, 2.45) is 5.92 Å². The number of nitrogens with zero attached hydrogens (tertiary/aromatic N) is 2. The number of benzene rings is 2. The van der Waals surface area contributed by atoms with Gasteiger partial charge in [0.05, 0.1) is 36.9 Å². The van der Waals surface area contributed by atoms with Crippen molar-refractivity contribution >= 4 is 27.5 Å². The summed E-state index contributed by atoms with van der Waals surface area (Å²) in [6, 6.07) is 10.3. The normalized spacial score (nSPS) is 19.0. The van der Waals surface area contributed by atoms with Gasteiger partial charge >= 0.3 is 6.18 Å². The number of carbonyl (C=O) groups excluding carboxylic acids is 2. The number of likely N-dealkylation sites (N-methyl/N-ethyl adjacent to an activating group) is 1. The number of hydrogen-bond acceptors (Lipinski definition) is 6. The van der Waals surface area contributed by atoms with E-state index in [-0.39, 0.29) is 54.3 Å². The van der Waals surface area contributed by atoms with Gasteiger partial charge in [0, 0.05) is 37.2 Å². The number of nitrogens with one attached hydrogen (secondary N) is 1. The van der Waals surface area contributed by atoms with Crippen LogP contribution >= 0.6 is 0 Å². The lowest BCUT2D eigenvalue weighted by molar-refractivity contribution is -0.142. The van der Waals surface area contributed by atoms with Crippen LogP contribution in [0.4, 0.5) is 18.9 Å². The monoisotopic (exact) mass is 599 g/mol. The van der Waals surface area contributed by atoms with Gasteiger partial charge in [0.25, 0.3) is 0 Å². The predicted octanol–water partition coefficient (Wildman–Crippen LogP) is 3.75. The number of carbonyl (C=O) groups is 2. The standard InChI is InChI=1S/C28H36F3N3O6S/c1-18-5-8-23(9-6-18)41(38,39)33(4)16-25-19(2)15-34(20(3)17-35)27(37)14-21-13-22(7-10-24(21)40-25)32-26(36)11-12-28(29,30)31/h5-10,13,19-20,25,35H,11-12,14-17H2,1-4H3,(H,32,36)/t19-,20-,25+/m0/s1. The first kappa shape index (κ1) is 32.4. The molecule has 13 heteroatoms. The number of fused-ring (bicyclic) bond motifs is 1. The van der Waals surface area contributed by atoms with Gasteiger partial charge in [-0.25, -0.2) is 8.42 Å². The van der Waals surface area contributed by atoms with Crippen LogP contribution in [0.5, 0.6) is 5.75 Å². The first-order valence-corrected chi connectivity index (χ1v) is 14.6. The molecule has 3 atom stereocenters. The summed E-state index contributed by atoms with van der Waals surface area (Å²) in [5.74, 6) is -1.24. The van der Waals surface area contributed by atoms with Crippen LogP contribution in [0.15, 0.2) is 47.4 Å². The number of anilines is 1. The summed E-state index contributed by atoms with van der Waals surface area (Å²) >= 11 is 0. The zero-order valence-electron chi connectivity index (χ0n) is 23.4. The van der Waals surface area contributed by atoms with Crippen LogP contribution in [0, 0.1) is 12.8 Å². The molecule has 0 spiro atoms. The van der Waals surface area contributed by atoms with Crippen LogP contribution in [-0.2, 0) is 26.0 Å². The lowest BCUT2D eigenvalue weighted by Crippen LogP contribution is -2.48. The van der Waals surface area contributed by atoms with Crippen LogP contribution in [0.1, 0.15) is 37.8 Å². The zero-order valence-corrected chi connectivity index (χ0v) is 24.3. The Hall–Kier alpha value is -3.16. The van der Waals surface area contributed by atoms with Crippen molar-refractivity contribution in [3.63, 3.8) is 0 Å². The highest BCUT2D eigenvalue weighted by Crippen LogP contribution is 2.30. The van der Waals surface area contributed by atoms with Crippen LogP contribution < -0.4 is 10.1 Å². The number of alkyl halides is 3. The molecule has 9 nitrogen and oxygen atoms in total. The summed E-state index contributed by atoms with van der Waals surface area (Å²) in [7, 11) is -2.42. The topological polar surface area (TPSA) is 116 Å². The third-order valence-electron chi connectivity index (χ3n) is 7.00. The molecule has 0 fully saturated rings. The highest BCUT2D eigenvalue weighted by molar-refractivity contribution is 7.89. The Morgan fingerprint density at radius 2 is 1.88 bits per heavy atom. The maximum absolute atomic E-state index is 13.3. The maximum atomic E-state index is 13.3. The Morgan fingerprint density at radius 3 is 2.49 bits per heavy atom. The molecule has 1 aliphatic heterocycles. The number of aryl methyl sites for hydroxylation is 1. The fourth-order valence-corrected chi connectivity index (χ4v) is 5.63. The van der Waals surface area contributed by atoms with Gasteiger partial charge in [0.15, 0.2) is 0 Å². The highest BCUT2D eigenvalue weighted by Gasteiger charge is 2.34. The quantitative estimate of drug-likeness (QED) is 0.454. The minimum Gasteiger partial charge on any atom is -0.488 e. The maximum Gasteiger partial charge on any atom is 0.389 e. The molecule has 2 amide bonds. The van der Waals surface area contributed by atoms with Gasteiger partial charge < -0.3 is 20.1 Å². The summed E-state index contributed by atoms with van der Waals surface area (Å²) in [6.07, 6.45) is -7.37. The molecule has 1 heterocycles. The lowest BCUT2D eigenvalue weighted by Gasteiger charge is -2.33. The molecular weight excluding hydrogens is 563 g/mol. The van der Waals surface area contributed by atoms with Crippen LogP contribution in [0.25, 0.3) is 0 Å². The second kappa shape index (κ2) is 13.2. The molecule has 41 heavy (non-hydrogen) atoms. The van der Waals surface area contributed by atoms with Gasteiger partial charge in [-0.15, -0.1) is 0 Å². The summed E-state index contributed by atoms with van der Waals surface area (Å²) < 4.78 is 71.6. The van der Waals surface area contributed by atoms with Crippen molar-refractivity contribution in [3.05, 3.63) is 53.6 Å². The van der Waals surface area contributed by atoms with Crippen LogP contribution in [0.3, 0.4) is 0 Å². The van der Waals surface area contributed by atoms with E-state index in [1.54, 1.807) is 19.1 Å². The average Bonchev–Trinajstić information content (AvgIpc) is 2.94. The fourth-order valence-electron chi connectivity index (χ4n) is 4.45. The van der Waals surface area contributed by atoms with E-state index in [4.69, 9.17) is 4.74 Å². The number of aliphatic hydroxyl groups is 1. The van der Waals surface area contributed by atoms with Crippen LogP contribution in [0.2, 0.25) is 0 Å². The van der Waals surface area contributed by atoms with E-state index in [1.807, 2.05) is 13.8 Å². The molecule has 1 aliphatic rings. The van der Waals surface area contributed by atoms with Crippen molar-refractivity contribution in [3.8, 4) is 5.75 Å². The SMILES string of the molecule is Cc1ccc(S(=O)(=O)N(C)C[C@H]2Oc3ccc(NC(=O)CCC(F)(F)F)cc3CC(=O)N([C@@H](C)CO)C[C@@H]2C)cc1. The minimum atomic E-state index is -4.47. The van der Waals surface area contributed by atoms with Crippen molar-refractivity contribution in [2.45, 2.75) is 63.3 Å². The Labute approximate surface area is 238 Å². The van der Waals surface area contributed by atoms with Crippen molar-refractivity contribution in [2.75, 3.05) is 32.1 Å². The van der Waals surface area contributed by atoms with E-state index in [9.17, 15) is 36.3 Å². The molecule has 0 aromatic heterocycles. The molecular formula is C28H36F3N3O6S. The van der Waals surface area contributed by atoms with E-state index in [2.05, 4.69) is 5.32 Å². The molecule has 2 aromatic rings. The molecule has 2 aromatic carbocycles. The lowest BCUT2D eigenvalue weighted by atomic mass is 10.0. The number of rotatable bonds is 9. The summed E-state index contributed by atoms with van der Waals surface area (Å²) in [4.78, 5) is 27.0. The summed E-state index contributed by atoms with van der Waals surface area (Å²) in [5.41, 5.74) is 1.47. The molecule has 0 bridgehead atoms. The molecule has 226 valence electrons. The van der Waals surface area contributed by atoms with Crippen molar-refractivity contribution < 1.29 is 41.0 Å². The first-order valence-electron chi connectivity index (χ1n) is 13.2. The van der Waals surface area contributed by atoms with Gasteiger partial charge in [-0.2, -0.15) is 17.5 Å². The molecule has 2 N–H and O–H groups in total. The van der Waals surface area contributed by atoms with Crippen molar-refractivity contribution in [1.82, 2.24) is 9.21 Å². The third-order valence-corrected chi connectivity index (χ3v) is 8.84. The Morgan fingerprint density at radius 1 is 1.22 bits per heavy atom. The van der Waals surface area contributed by atoms with E-state index >= 15 is 0 Å². The number of hydrogen-bond donors (Lipinski definition) is 2. The van der Waals surface area contributed by atoms with E-state index in [0.717, 1.165) is 5.56 Å². The molecule has 0 saturated heterocycles. The van der Waals surface area contributed by atoms with E-state index in [0.29, 0.717) is 5.56 Å². The van der Waals surface area contributed by atoms with Gasteiger partial charge in [-0.1, -0.05) is 24.6 Å². The number of halogens is 3. The Balaban J connectivity index is 1.92. The molecule has 0 aliphatic carbocycles. The van der Waals surface area contributed by atoms with Gasteiger partial charge in [-0.3, -0.25) is 9.59 Å². The number of sulfonamides is 1. The Kier molecular flexibility index (Phi) is 10.4. The van der Waals surface area contributed by atoms with Gasteiger partial charge in [-0.05, 0) is 44.2 Å². The average molecular weight is 600 g/mol. The van der Waals surface area contributed by atoms with Crippen LogP contribution in [-0.4, -0.2) is 79.6 Å². The highest BCUT2D eigenvalue weighted by atomic mass is 32.2. The van der Waals surface area contributed by atoms with Crippen molar-refractivity contribution in [1.29, 1.82) is 0 Å². The molecule has 0 radical (unpaired) electrons. The second-order valence-corrected chi connectivity index (χ2v) is 12.5. The number of amides is 2. The van der Waals surface area contributed by atoms with Gasteiger partial charge in [0.1, 0.15) is 11.9 Å². The van der Waals surface area contributed by atoms with E-state index < -0.39 is 47.1 Å². The smallest absolute Gasteiger partial charge is 0.389 e. The second-order valence-electron chi connectivity index (χ2n) is 10.5. The minimum absolute atomic E-state index is 0.0533. The number of ether oxygens (including phenoxy) is 1. The number of aliphatic hydroxyl groups excluding tert-OH is 1. The molecule has 3 rings (SSSR count).